The molecule has 1 atom stereocenters. The van der Waals surface area contributed by atoms with Crippen molar-refractivity contribution in [3.05, 3.63) is 69.5 Å². The molecule has 0 fully saturated rings. The molecule has 2 rings (SSSR count). The first-order valence-electron chi connectivity index (χ1n) is 6.40. The third-order valence-corrected chi connectivity index (χ3v) is 3.80. The summed E-state index contributed by atoms with van der Waals surface area (Å²) in [5, 5.41) is 9.37. The second-order valence-corrected chi connectivity index (χ2v) is 5.27. The zero-order valence-electron chi connectivity index (χ0n) is 11.7. The maximum Gasteiger partial charge on any atom is 0.184 e. The Balaban J connectivity index is 2.49. The van der Waals surface area contributed by atoms with Gasteiger partial charge in [-0.3, -0.25) is 4.79 Å². The number of halogens is 2. The molecular formula is C17H13ClFNO. The van der Waals surface area contributed by atoms with E-state index in [2.05, 4.69) is 0 Å². The summed E-state index contributed by atoms with van der Waals surface area (Å²) >= 11 is 5.95. The van der Waals surface area contributed by atoms with Crippen LogP contribution in [0.25, 0.3) is 0 Å². The van der Waals surface area contributed by atoms with Crippen LogP contribution in [-0.4, -0.2) is 5.78 Å². The van der Waals surface area contributed by atoms with Crippen molar-refractivity contribution in [3.8, 4) is 6.07 Å². The molecule has 0 radical (unpaired) electrons. The van der Waals surface area contributed by atoms with E-state index >= 15 is 0 Å². The van der Waals surface area contributed by atoms with Gasteiger partial charge in [0, 0.05) is 16.1 Å². The third kappa shape index (κ3) is 2.96. The van der Waals surface area contributed by atoms with Crippen LogP contribution >= 0.6 is 11.6 Å². The van der Waals surface area contributed by atoms with E-state index < -0.39 is 17.5 Å². The Bertz CT molecular complexity index is 729. The summed E-state index contributed by atoms with van der Waals surface area (Å²) in [6.07, 6.45) is 0. The van der Waals surface area contributed by atoms with E-state index in [4.69, 9.17) is 11.6 Å². The fourth-order valence-electron chi connectivity index (χ4n) is 2.10. The van der Waals surface area contributed by atoms with Crippen LogP contribution in [0.5, 0.6) is 0 Å². The predicted molar refractivity (Wildman–Crippen MR) is 80.0 cm³/mol. The second-order valence-electron chi connectivity index (χ2n) is 4.86. The van der Waals surface area contributed by atoms with Crippen molar-refractivity contribution in [2.45, 2.75) is 19.8 Å². The van der Waals surface area contributed by atoms with Gasteiger partial charge in [0.25, 0.3) is 0 Å². The van der Waals surface area contributed by atoms with Gasteiger partial charge in [-0.15, -0.1) is 0 Å². The van der Waals surface area contributed by atoms with Gasteiger partial charge in [-0.05, 0) is 43.2 Å². The number of hydrogen-bond donors (Lipinski definition) is 0. The van der Waals surface area contributed by atoms with Crippen molar-refractivity contribution in [2.24, 2.45) is 0 Å². The molecule has 0 bridgehead atoms. The molecule has 0 N–H and O–H groups in total. The van der Waals surface area contributed by atoms with Gasteiger partial charge < -0.3 is 0 Å². The zero-order chi connectivity index (χ0) is 15.6. The maximum atomic E-state index is 13.9. The SMILES string of the molecule is Cc1ccc(C(=O)C(C#N)c2c(F)cccc2Cl)cc1C. The molecule has 2 aromatic carbocycles. The zero-order valence-corrected chi connectivity index (χ0v) is 12.4. The molecule has 0 aliphatic heterocycles. The van der Waals surface area contributed by atoms with E-state index in [1.54, 1.807) is 18.2 Å². The Labute approximate surface area is 127 Å². The average Bonchev–Trinajstić information content (AvgIpc) is 2.45. The summed E-state index contributed by atoms with van der Waals surface area (Å²) in [5.41, 5.74) is 2.30. The number of nitriles is 1. The highest BCUT2D eigenvalue weighted by atomic mass is 35.5. The number of nitrogens with zero attached hydrogens (tertiary/aromatic N) is 1. The highest BCUT2D eigenvalue weighted by Gasteiger charge is 2.27. The number of carbonyl (C=O) groups is 1. The Morgan fingerprint density at radius 3 is 2.52 bits per heavy atom. The van der Waals surface area contributed by atoms with E-state index in [9.17, 15) is 14.4 Å². The normalized spacial score (nSPS) is 11.8. The fourth-order valence-corrected chi connectivity index (χ4v) is 2.37. The summed E-state index contributed by atoms with van der Waals surface area (Å²) in [6.45, 7) is 3.81. The molecule has 0 saturated heterocycles. The smallest absolute Gasteiger partial charge is 0.184 e. The molecular weight excluding hydrogens is 289 g/mol. The van der Waals surface area contributed by atoms with Crippen molar-refractivity contribution < 1.29 is 9.18 Å². The highest BCUT2D eigenvalue weighted by molar-refractivity contribution is 6.31. The van der Waals surface area contributed by atoms with Crippen molar-refractivity contribution in [2.75, 3.05) is 0 Å². The molecule has 0 heterocycles. The van der Waals surface area contributed by atoms with E-state index in [1.807, 2.05) is 19.9 Å². The van der Waals surface area contributed by atoms with Crippen LogP contribution in [0.15, 0.2) is 36.4 Å². The first-order valence-corrected chi connectivity index (χ1v) is 6.78. The number of aryl methyl sites for hydroxylation is 2. The lowest BCUT2D eigenvalue weighted by Gasteiger charge is -2.12. The lowest BCUT2D eigenvalue weighted by atomic mass is 9.90. The van der Waals surface area contributed by atoms with Crippen LogP contribution in [-0.2, 0) is 0 Å². The molecule has 1 unspecified atom stereocenters. The van der Waals surface area contributed by atoms with Crippen molar-refractivity contribution in [3.63, 3.8) is 0 Å². The molecule has 4 heteroatoms. The predicted octanol–water partition coefficient (Wildman–Crippen LogP) is 4.59. The van der Waals surface area contributed by atoms with Gasteiger partial charge in [-0.25, -0.2) is 4.39 Å². The van der Waals surface area contributed by atoms with Gasteiger partial charge in [-0.1, -0.05) is 29.8 Å². The summed E-state index contributed by atoms with van der Waals surface area (Å²) < 4.78 is 13.9. The lowest BCUT2D eigenvalue weighted by molar-refractivity contribution is 0.0977. The van der Waals surface area contributed by atoms with Gasteiger partial charge in [0.2, 0.25) is 0 Å². The number of Topliss-reactive ketones (excluding diaryl/α,β-unsaturated/α-hetero) is 1. The highest BCUT2D eigenvalue weighted by Crippen LogP contribution is 2.30. The Morgan fingerprint density at radius 2 is 1.95 bits per heavy atom. The molecule has 2 aromatic rings. The van der Waals surface area contributed by atoms with E-state index in [0.29, 0.717) is 5.56 Å². The van der Waals surface area contributed by atoms with Gasteiger partial charge in [0.1, 0.15) is 11.7 Å². The average molecular weight is 302 g/mol. The molecule has 0 aliphatic carbocycles. The minimum atomic E-state index is -1.25. The lowest BCUT2D eigenvalue weighted by Crippen LogP contribution is -2.13. The van der Waals surface area contributed by atoms with Crippen molar-refractivity contribution in [1.82, 2.24) is 0 Å². The monoisotopic (exact) mass is 301 g/mol. The van der Waals surface area contributed by atoms with E-state index in [-0.39, 0.29) is 10.6 Å². The fraction of sp³-hybridized carbons (Fsp3) is 0.176. The first-order chi connectivity index (χ1) is 9.95. The Kier molecular flexibility index (Phi) is 4.40. The summed E-state index contributed by atoms with van der Waals surface area (Å²) in [7, 11) is 0. The van der Waals surface area contributed by atoms with E-state index in [1.165, 1.54) is 18.2 Å². The minimum Gasteiger partial charge on any atom is -0.292 e. The van der Waals surface area contributed by atoms with Crippen LogP contribution in [0.4, 0.5) is 4.39 Å². The number of benzene rings is 2. The van der Waals surface area contributed by atoms with Crippen LogP contribution in [0.3, 0.4) is 0 Å². The number of rotatable bonds is 3. The summed E-state index contributed by atoms with van der Waals surface area (Å²) in [4.78, 5) is 12.5. The molecule has 0 aromatic heterocycles. The number of ketones is 1. The Hall–Kier alpha value is -2.18. The topological polar surface area (TPSA) is 40.9 Å². The molecule has 106 valence electrons. The van der Waals surface area contributed by atoms with E-state index in [0.717, 1.165) is 11.1 Å². The standard InChI is InChI=1S/C17H13ClFNO/c1-10-6-7-12(8-11(10)2)17(21)13(9-20)16-14(18)4-3-5-15(16)19/h3-8,13H,1-2H3. The van der Waals surface area contributed by atoms with Crippen molar-refractivity contribution >= 4 is 17.4 Å². The second kappa shape index (κ2) is 6.07. The largest absolute Gasteiger partial charge is 0.292 e. The molecule has 0 spiro atoms. The van der Waals surface area contributed by atoms with Crippen LogP contribution in [0.2, 0.25) is 5.02 Å². The molecule has 0 aliphatic rings. The number of carbonyl (C=O) groups excluding carboxylic acids is 1. The van der Waals surface area contributed by atoms with Gasteiger partial charge in [-0.2, -0.15) is 5.26 Å². The quantitative estimate of drug-likeness (QED) is 0.778. The third-order valence-electron chi connectivity index (χ3n) is 3.47. The van der Waals surface area contributed by atoms with Gasteiger partial charge in [0.15, 0.2) is 5.78 Å². The van der Waals surface area contributed by atoms with Crippen LogP contribution in [0, 0.1) is 31.0 Å². The number of hydrogen-bond acceptors (Lipinski definition) is 2. The van der Waals surface area contributed by atoms with Crippen LogP contribution < -0.4 is 0 Å². The van der Waals surface area contributed by atoms with Crippen molar-refractivity contribution in [1.29, 1.82) is 5.26 Å². The molecule has 0 amide bonds. The molecule has 21 heavy (non-hydrogen) atoms. The summed E-state index contributed by atoms with van der Waals surface area (Å²) in [5.74, 6) is -2.35. The summed E-state index contributed by atoms with van der Waals surface area (Å²) in [6, 6.07) is 11.1. The molecule has 0 saturated carbocycles. The Morgan fingerprint density at radius 1 is 1.24 bits per heavy atom. The van der Waals surface area contributed by atoms with Gasteiger partial charge in [0.05, 0.1) is 6.07 Å². The van der Waals surface area contributed by atoms with Crippen LogP contribution in [0.1, 0.15) is 33.0 Å². The van der Waals surface area contributed by atoms with Gasteiger partial charge >= 0.3 is 0 Å². The maximum absolute atomic E-state index is 13.9. The minimum absolute atomic E-state index is 0.0649. The molecule has 2 nitrogen and oxygen atoms in total. The first kappa shape index (κ1) is 15.2.